The number of carbonyl (C=O) groups is 1. The van der Waals surface area contributed by atoms with Gasteiger partial charge in [0.25, 0.3) is 0 Å². The van der Waals surface area contributed by atoms with E-state index in [0.717, 1.165) is 38.5 Å². The zero-order chi connectivity index (χ0) is 9.47. The summed E-state index contributed by atoms with van der Waals surface area (Å²) in [7, 11) is 0. The molecule has 0 spiro atoms. The Labute approximate surface area is 78.9 Å². The minimum Gasteiger partial charge on any atom is -0.369 e. The lowest BCUT2D eigenvalue weighted by Gasteiger charge is -2.34. The molecule has 74 valence electrons. The smallest absolute Gasteiger partial charge is 0.223 e. The summed E-state index contributed by atoms with van der Waals surface area (Å²) in [5.41, 5.74) is 11.3. The van der Waals surface area contributed by atoms with Gasteiger partial charge in [0.05, 0.1) is 0 Å². The summed E-state index contributed by atoms with van der Waals surface area (Å²) < 4.78 is 0. The van der Waals surface area contributed by atoms with E-state index in [1.807, 2.05) is 0 Å². The lowest BCUT2D eigenvalue weighted by Crippen LogP contribution is -2.38. The van der Waals surface area contributed by atoms with E-state index in [0.29, 0.717) is 12.0 Å². The molecule has 3 fully saturated rings. The molecule has 3 heteroatoms. The molecule has 3 aliphatic rings. The molecule has 3 rings (SSSR count). The number of fused-ring (bicyclic) bond motifs is 4. The molecule has 0 aromatic heterocycles. The van der Waals surface area contributed by atoms with Crippen LogP contribution in [0.2, 0.25) is 0 Å². The van der Waals surface area contributed by atoms with Gasteiger partial charge in [0.15, 0.2) is 0 Å². The van der Waals surface area contributed by atoms with Crippen LogP contribution >= 0.6 is 0 Å². The van der Waals surface area contributed by atoms with Crippen molar-refractivity contribution in [1.82, 2.24) is 0 Å². The van der Waals surface area contributed by atoms with E-state index in [2.05, 4.69) is 0 Å². The molecular formula is C10H18N2O. The van der Waals surface area contributed by atoms with Crippen LogP contribution in [-0.2, 0) is 4.79 Å². The molecule has 3 nitrogen and oxygen atoms in total. The molecule has 3 saturated carbocycles. The summed E-state index contributed by atoms with van der Waals surface area (Å²) in [6.07, 6.45) is 6.04. The van der Waals surface area contributed by atoms with Gasteiger partial charge >= 0.3 is 0 Å². The monoisotopic (exact) mass is 182 g/mol. The fourth-order valence-corrected chi connectivity index (χ4v) is 2.92. The van der Waals surface area contributed by atoms with Crippen molar-refractivity contribution >= 4 is 5.91 Å². The third-order valence-electron chi connectivity index (χ3n) is 4.07. The second-order valence-electron chi connectivity index (χ2n) is 4.68. The number of nitrogens with two attached hydrogens (primary N) is 2. The first-order valence-corrected chi connectivity index (χ1v) is 5.19. The molecule has 2 bridgehead atoms. The molecule has 4 N–H and O–H groups in total. The Morgan fingerprint density at radius 3 is 2.23 bits per heavy atom. The Morgan fingerprint density at radius 1 is 1.15 bits per heavy atom. The number of hydrogen-bond donors (Lipinski definition) is 2. The Hall–Kier alpha value is -0.570. The summed E-state index contributed by atoms with van der Waals surface area (Å²) in [6.45, 7) is 0. The van der Waals surface area contributed by atoms with Gasteiger partial charge in [0.2, 0.25) is 5.91 Å². The maximum atomic E-state index is 11.4. The molecule has 1 unspecified atom stereocenters. The molecule has 13 heavy (non-hydrogen) atoms. The maximum Gasteiger partial charge on any atom is 0.223 e. The largest absolute Gasteiger partial charge is 0.369 e. The second-order valence-corrected chi connectivity index (χ2v) is 4.68. The van der Waals surface area contributed by atoms with Crippen LogP contribution < -0.4 is 11.5 Å². The van der Waals surface area contributed by atoms with E-state index in [4.69, 9.17) is 11.5 Å². The number of carbonyl (C=O) groups excluding carboxylic acids is 1. The van der Waals surface area contributed by atoms with Crippen LogP contribution in [0.15, 0.2) is 0 Å². The van der Waals surface area contributed by atoms with E-state index >= 15 is 0 Å². The SMILES string of the molecule is NC(=O)C12CCC(N)C(CC1)CC2. The van der Waals surface area contributed by atoms with Crippen molar-refractivity contribution in [2.75, 3.05) is 0 Å². The summed E-state index contributed by atoms with van der Waals surface area (Å²) >= 11 is 0. The summed E-state index contributed by atoms with van der Waals surface area (Å²) in [4.78, 5) is 11.4. The molecule has 0 heterocycles. The van der Waals surface area contributed by atoms with Gasteiger partial charge in [0.1, 0.15) is 0 Å². The highest BCUT2D eigenvalue weighted by molar-refractivity contribution is 5.81. The minimum absolute atomic E-state index is 0.0972. The van der Waals surface area contributed by atoms with Gasteiger partial charge in [0, 0.05) is 11.5 Å². The van der Waals surface area contributed by atoms with Gasteiger partial charge in [-0.05, 0) is 44.4 Å². The first-order chi connectivity index (χ1) is 6.14. The van der Waals surface area contributed by atoms with Crippen molar-refractivity contribution in [3.63, 3.8) is 0 Å². The summed E-state index contributed by atoms with van der Waals surface area (Å²) in [6, 6.07) is 0.309. The van der Waals surface area contributed by atoms with Crippen molar-refractivity contribution in [3.05, 3.63) is 0 Å². The van der Waals surface area contributed by atoms with Crippen molar-refractivity contribution in [2.45, 2.75) is 44.6 Å². The average molecular weight is 182 g/mol. The Bertz CT molecular complexity index is 219. The third kappa shape index (κ3) is 1.35. The Balaban J connectivity index is 2.20. The second kappa shape index (κ2) is 2.98. The van der Waals surface area contributed by atoms with Crippen LogP contribution in [0.5, 0.6) is 0 Å². The molecule has 0 aliphatic heterocycles. The van der Waals surface area contributed by atoms with Crippen LogP contribution in [0, 0.1) is 11.3 Å². The van der Waals surface area contributed by atoms with E-state index in [9.17, 15) is 4.79 Å². The van der Waals surface area contributed by atoms with Gasteiger partial charge in [-0.1, -0.05) is 0 Å². The van der Waals surface area contributed by atoms with Crippen molar-refractivity contribution in [2.24, 2.45) is 22.8 Å². The molecule has 1 amide bonds. The van der Waals surface area contributed by atoms with Gasteiger partial charge in [-0.15, -0.1) is 0 Å². The van der Waals surface area contributed by atoms with Gasteiger partial charge in [-0.25, -0.2) is 0 Å². The standard InChI is InChI=1S/C10H18N2O/c11-8-3-6-10(9(12)13)4-1-7(8)2-5-10/h7-8H,1-6,11H2,(H2,12,13). The zero-order valence-electron chi connectivity index (χ0n) is 7.96. The number of rotatable bonds is 1. The van der Waals surface area contributed by atoms with Gasteiger partial charge in [-0.2, -0.15) is 0 Å². The normalized spacial score (nSPS) is 44.4. The highest BCUT2D eigenvalue weighted by Gasteiger charge is 2.44. The summed E-state index contributed by atoms with van der Waals surface area (Å²) in [5, 5.41) is 0. The molecule has 3 aliphatic carbocycles. The first-order valence-electron chi connectivity index (χ1n) is 5.19. The molecule has 0 radical (unpaired) electrons. The molecule has 0 aromatic carbocycles. The fraction of sp³-hybridized carbons (Fsp3) is 0.900. The number of primary amides is 1. The van der Waals surface area contributed by atoms with Crippen molar-refractivity contribution in [3.8, 4) is 0 Å². The topological polar surface area (TPSA) is 69.1 Å². The molecule has 0 aromatic rings. The Morgan fingerprint density at radius 2 is 1.69 bits per heavy atom. The molecule has 1 atom stereocenters. The average Bonchev–Trinajstić information content (AvgIpc) is 2.38. The fourth-order valence-electron chi connectivity index (χ4n) is 2.92. The van der Waals surface area contributed by atoms with Crippen molar-refractivity contribution in [1.29, 1.82) is 0 Å². The predicted molar refractivity (Wildman–Crippen MR) is 50.8 cm³/mol. The van der Waals surface area contributed by atoms with Crippen LogP contribution in [0.3, 0.4) is 0 Å². The summed E-state index contributed by atoms with van der Waals surface area (Å²) in [5.74, 6) is 0.551. The quantitative estimate of drug-likeness (QED) is 0.629. The third-order valence-corrected chi connectivity index (χ3v) is 4.07. The predicted octanol–water partition coefficient (Wildman–Crippen LogP) is 0.769. The van der Waals surface area contributed by atoms with Gasteiger partial charge < -0.3 is 11.5 Å². The lowest BCUT2D eigenvalue weighted by molar-refractivity contribution is -0.129. The Kier molecular flexibility index (Phi) is 2.06. The van der Waals surface area contributed by atoms with Crippen molar-refractivity contribution < 1.29 is 4.79 Å². The molecular weight excluding hydrogens is 164 g/mol. The highest BCUT2D eigenvalue weighted by Crippen LogP contribution is 2.47. The first kappa shape index (κ1) is 9.00. The maximum absolute atomic E-state index is 11.4. The number of hydrogen-bond acceptors (Lipinski definition) is 2. The number of amides is 1. The van der Waals surface area contributed by atoms with Crippen LogP contribution in [0.4, 0.5) is 0 Å². The lowest BCUT2D eigenvalue weighted by atomic mass is 9.71. The minimum atomic E-state index is -0.190. The van der Waals surface area contributed by atoms with Crippen LogP contribution in [-0.4, -0.2) is 11.9 Å². The van der Waals surface area contributed by atoms with Crippen LogP contribution in [0.1, 0.15) is 38.5 Å². The van der Waals surface area contributed by atoms with E-state index < -0.39 is 0 Å². The van der Waals surface area contributed by atoms with Gasteiger partial charge in [-0.3, -0.25) is 4.79 Å². The zero-order valence-corrected chi connectivity index (χ0v) is 7.96. The van der Waals surface area contributed by atoms with E-state index in [1.54, 1.807) is 0 Å². The van der Waals surface area contributed by atoms with Crippen LogP contribution in [0.25, 0.3) is 0 Å². The van der Waals surface area contributed by atoms with E-state index in [1.165, 1.54) is 0 Å². The highest BCUT2D eigenvalue weighted by atomic mass is 16.1. The molecule has 0 saturated heterocycles. The van der Waals surface area contributed by atoms with E-state index in [-0.39, 0.29) is 11.3 Å².